The van der Waals surface area contributed by atoms with Crippen molar-refractivity contribution in [2.75, 3.05) is 6.54 Å². The summed E-state index contributed by atoms with van der Waals surface area (Å²) in [4.78, 5) is 11.0. The van der Waals surface area contributed by atoms with Gasteiger partial charge in [0.15, 0.2) is 0 Å². The first-order chi connectivity index (χ1) is 8.93. The van der Waals surface area contributed by atoms with E-state index in [2.05, 4.69) is 5.32 Å². The van der Waals surface area contributed by atoms with Crippen molar-refractivity contribution < 1.29 is 18.7 Å². The number of halogens is 2. The maximum Gasteiger partial charge on any atom is 0.320 e. The van der Waals surface area contributed by atoms with Crippen LogP contribution in [-0.2, 0) is 4.79 Å². The molecule has 0 radical (unpaired) electrons. The van der Waals surface area contributed by atoms with E-state index in [4.69, 9.17) is 5.11 Å². The molecule has 106 valence electrons. The molecule has 1 aromatic carbocycles. The Labute approximate surface area is 111 Å². The van der Waals surface area contributed by atoms with Crippen molar-refractivity contribution in [2.24, 2.45) is 0 Å². The largest absolute Gasteiger partial charge is 0.480 e. The van der Waals surface area contributed by atoms with Gasteiger partial charge in [-0.1, -0.05) is 20.3 Å². The van der Waals surface area contributed by atoms with Crippen molar-refractivity contribution in [1.82, 2.24) is 5.32 Å². The first-order valence-corrected chi connectivity index (χ1v) is 6.36. The fourth-order valence-electron chi connectivity index (χ4n) is 1.90. The van der Waals surface area contributed by atoms with E-state index in [1.54, 1.807) is 6.92 Å². The second-order valence-corrected chi connectivity index (χ2v) is 4.69. The molecule has 2 unspecified atom stereocenters. The van der Waals surface area contributed by atoms with Gasteiger partial charge in [-0.05, 0) is 30.0 Å². The number of carbonyl (C=O) groups is 1. The summed E-state index contributed by atoms with van der Waals surface area (Å²) in [6, 6.07) is 2.74. The normalized spacial score (nSPS) is 14.1. The number of hydrogen-bond donors (Lipinski definition) is 2. The quantitative estimate of drug-likeness (QED) is 0.801. The summed E-state index contributed by atoms with van der Waals surface area (Å²) in [6.07, 6.45) is 1.28. The van der Waals surface area contributed by atoms with Crippen LogP contribution in [0.25, 0.3) is 0 Å². The molecule has 19 heavy (non-hydrogen) atoms. The Hall–Kier alpha value is -1.49. The Morgan fingerprint density at radius 1 is 1.32 bits per heavy atom. The monoisotopic (exact) mass is 271 g/mol. The van der Waals surface area contributed by atoms with Gasteiger partial charge in [-0.3, -0.25) is 4.79 Å². The van der Waals surface area contributed by atoms with Crippen LogP contribution in [0.15, 0.2) is 18.2 Å². The van der Waals surface area contributed by atoms with E-state index in [1.165, 1.54) is 12.1 Å². The van der Waals surface area contributed by atoms with Gasteiger partial charge < -0.3 is 10.4 Å². The first-order valence-electron chi connectivity index (χ1n) is 6.36. The lowest BCUT2D eigenvalue weighted by Gasteiger charge is -2.18. The lowest BCUT2D eigenvalue weighted by atomic mass is 10.00. The predicted molar refractivity (Wildman–Crippen MR) is 69.1 cm³/mol. The minimum Gasteiger partial charge on any atom is -0.480 e. The second kappa shape index (κ2) is 7.19. The molecule has 2 N–H and O–H groups in total. The third-order valence-corrected chi connectivity index (χ3v) is 3.00. The van der Waals surface area contributed by atoms with Crippen LogP contribution in [0.1, 0.15) is 38.2 Å². The number of nitrogens with one attached hydrogen (secondary N) is 1. The third-order valence-electron chi connectivity index (χ3n) is 3.00. The molecule has 1 aromatic rings. The Morgan fingerprint density at radius 2 is 1.89 bits per heavy atom. The van der Waals surface area contributed by atoms with Crippen molar-refractivity contribution >= 4 is 5.97 Å². The van der Waals surface area contributed by atoms with E-state index < -0.39 is 23.6 Å². The fourth-order valence-corrected chi connectivity index (χ4v) is 1.90. The van der Waals surface area contributed by atoms with Crippen molar-refractivity contribution in [2.45, 2.75) is 38.6 Å². The Kier molecular flexibility index (Phi) is 5.89. The summed E-state index contributed by atoms with van der Waals surface area (Å²) in [5.41, 5.74) is 0.519. The van der Waals surface area contributed by atoms with Gasteiger partial charge in [0.25, 0.3) is 0 Å². The molecule has 0 aromatic heterocycles. The number of hydrogen-bond acceptors (Lipinski definition) is 2. The molecule has 0 bridgehead atoms. The average molecular weight is 271 g/mol. The molecule has 5 heteroatoms. The molecule has 0 saturated carbocycles. The molecule has 0 aliphatic carbocycles. The molecule has 0 amide bonds. The van der Waals surface area contributed by atoms with Gasteiger partial charge in [-0.2, -0.15) is 0 Å². The lowest BCUT2D eigenvalue weighted by Crippen LogP contribution is -2.38. The van der Waals surface area contributed by atoms with Crippen molar-refractivity contribution in [3.8, 4) is 0 Å². The van der Waals surface area contributed by atoms with Gasteiger partial charge in [-0.15, -0.1) is 0 Å². The van der Waals surface area contributed by atoms with Gasteiger partial charge in [0.05, 0.1) is 0 Å². The minimum atomic E-state index is -0.903. The number of carboxylic acids is 1. The maximum atomic E-state index is 13.1. The number of benzene rings is 1. The highest BCUT2D eigenvalue weighted by Crippen LogP contribution is 2.17. The molecule has 1 rings (SSSR count). The maximum absolute atomic E-state index is 13.1. The molecule has 0 aliphatic rings. The molecule has 0 fully saturated rings. The van der Waals surface area contributed by atoms with Crippen molar-refractivity contribution in [1.29, 1.82) is 0 Å². The Bertz CT molecular complexity index is 417. The van der Waals surface area contributed by atoms with Crippen molar-refractivity contribution in [3.63, 3.8) is 0 Å². The summed E-state index contributed by atoms with van der Waals surface area (Å²) < 4.78 is 26.2. The number of aliphatic carboxylic acids is 1. The molecular formula is C14H19F2NO2. The van der Waals surface area contributed by atoms with Crippen LogP contribution in [0.2, 0.25) is 0 Å². The van der Waals surface area contributed by atoms with E-state index in [0.29, 0.717) is 18.5 Å². The highest BCUT2D eigenvalue weighted by Gasteiger charge is 2.17. The topological polar surface area (TPSA) is 49.3 Å². The van der Waals surface area contributed by atoms with E-state index in [-0.39, 0.29) is 5.92 Å². The van der Waals surface area contributed by atoms with Crippen LogP contribution >= 0.6 is 0 Å². The van der Waals surface area contributed by atoms with Crippen LogP contribution in [0.4, 0.5) is 8.78 Å². The summed E-state index contributed by atoms with van der Waals surface area (Å²) in [6.45, 7) is 4.06. The fraction of sp³-hybridized carbons (Fsp3) is 0.500. The molecule has 3 nitrogen and oxygen atoms in total. The van der Waals surface area contributed by atoms with Crippen LogP contribution in [0, 0.1) is 11.6 Å². The smallest absolute Gasteiger partial charge is 0.320 e. The molecule has 0 aliphatic heterocycles. The van der Waals surface area contributed by atoms with E-state index in [9.17, 15) is 13.6 Å². The van der Waals surface area contributed by atoms with E-state index in [1.807, 2.05) is 6.92 Å². The average Bonchev–Trinajstić information content (AvgIpc) is 2.32. The highest BCUT2D eigenvalue weighted by atomic mass is 19.1. The van der Waals surface area contributed by atoms with E-state index >= 15 is 0 Å². The van der Waals surface area contributed by atoms with Crippen LogP contribution < -0.4 is 5.32 Å². The van der Waals surface area contributed by atoms with Gasteiger partial charge in [0, 0.05) is 12.6 Å². The van der Waals surface area contributed by atoms with Gasteiger partial charge in [0.1, 0.15) is 17.7 Å². The Balaban J connectivity index is 2.63. The van der Waals surface area contributed by atoms with Crippen LogP contribution in [-0.4, -0.2) is 23.7 Å². The van der Waals surface area contributed by atoms with Gasteiger partial charge >= 0.3 is 5.97 Å². The third kappa shape index (κ3) is 4.95. The van der Waals surface area contributed by atoms with E-state index in [0.717, 1.165) is 12.5 Å². The molecule has 0 heterocycles. The summed E-state index contributed by atoms with van der Waals surface area (Å²) in [5.74, 6) is -2.31. The summed E-state index contributed by atoms with van der Waals surface area (Å²) in [7, 11) is 0. The Morgan fingerprint density at radius 3 is 2.37 bits per heavy atom. The van der Waals surface area contributed by atoms with Gasteiger partial charge in [0.2, 0.25) is 0 Å². The summed E-state index contributed by atoms with van der Waals surface area (Å²) >= 11 is 0. The van der Waals surface area contributed by atoms with Gasteiger partial charge in [-0.25, -0.2) is 8.78 Å². The molecule has 0 saturated heterocycles. The predicted octanol–water partition coefficient (Wildman–Crippen LogP) is 2.91. The standard InChI is InChI=1S/C14H19F2NO2/c1-3-4-13(14(18)19)17-8-9(2)10-5-11(15)7-12(16)6-10/h5-7,9,13,17H,3-4,8H2,1-2H3,(H,18,19). The van der Waals surface area contributed by atoms with Crippen LogP contribution in [0.3, 0.4) is 0 Å². The minimum absolute atomic E-state index is 0.163. The van der Waals surface area contributed by atoms with Crippen LogP contribution in [0.5, 0.6) is 0 Å². The highest BCUT2D eigenvalue weighted by molar-refractivity contribution is 5.73. The molecular weight excluding hydrogens is 252 g/mol. The second-order valence-electron chi connectivity index (χ2n) is 4.69. The molecule has 2 atom stereocenters. The molecule has 0 spiro atoms. The zero-order valence-corrected chi connectivity index (χ0v) is 11.1. The SMILES string of the molecule is CCCC(NCC(C)c1cc(F)cc(F)c1)C(=O)O. The zero-order chi connectivity index (χ0) is 14.4. The number of carboxylic acid groups (broad SMARTS) is 1. The zero-order valence-electron chi connectivity index (χ0n) is 11.1. The lowest BCUT2D eigenvalue weighted by molar-refractivity contribution is -0.139. The first kappa shape index (κ1) is 15.6. The summed E-state index contributed by atoms with van der Waals surface area (Å²) in [5, 5.41) is 11.9. The number of rotatable bonds is 7. The van der Waals surface area contributed by atoms with Crippen molar-refractivity contribution in [3.05, 3.63) is 35.4 Å².